The molecule has 0 aliphatic carbocycles. The van der Waals surface area contributed by atoms with Gasteiger partial charge in [-0.2, -0.15) is 0 Å². The Balaban J connectivity index is 2.52. The Bertz CT molecular complexity index is 253. The van der Waals surface area contributed by atoms with Crippen molar-refractivity contribution in [2.75, 3.05) is 11.9 Å². The zero-order valence-electron chi connectivity index (χ0n) is 6.79. The van der Waals surface area contributed by atoms with Crippen LogP contribution in [0.4, 0.5) is 5.69 Å². The van der Waals surface area contributed by atoms with Crippen LogP contribution in [0, 0.1) is 0 Å². The number of aliphatic hydroxyl groups is 1. The number of hydrogen-bond acceptors (Lipinski definition) is 3. The van der Waals surface area contributed by atoms with Crippen molar-refractivity contribution in [1.82, 2.24) is 4.98 Å². The number of nitrogens with one attached hydrogen (secondary N) is 1. The Morgan fingerprint density at radius 3 is 3.00 bits per heavy atom. The third-order valence-corrected chi connectivity index (χ3v) is 1.74. The average Bonchev–Trinajstić information content (AvgIpc) is 2.01. The summed E-state index contributed by atoms with van der Waals surface area (Å²) in [4.78, 5) is 3.97. The molecule has 0 aliphatic heterocycles. The molecule has 0 fully saturated rings. The van der Waals surface area contributed by atoms with Gasteiger partial charge in [-0.3, -0.25) is 4.98 Å². The minimum Gasteiger partial charge on any atom is -0.392 e. The molecule has 1 rings (SSSR count). The fourth-order valence-electron chi connectivity index (χ4n) is 0.774. The van der Waals surface area contributed by atoms with E-state index in [9.17, 15) is 0 Å². The van der Waals surface area contributed by atoms with Crippen molar-refractivity contribution in [3.63, 3.8) is 0 Å². The standard InChI is InChI=1S/C8H11BrN2O/c1-6(12)3-11-8-2-7(9)4-10-5-8/h2,4-6,11-12H,3H2,1H3. The molecule has 1 heterocycles. The first-order valence-corrected chi connectivity index (χ1v) is 4.50. The molecule has 0 amide bonds. The Hall–Kier alpha value is -0.610. The molecular formula is C8H11BrN2O. The van der Waals surface area contributed by atoms with Crippen LogP contribution in [-0.2, 0) is 0 Å². The van der Waals surface area contributed by atoms with Gasteiger partial charge in [-0.15, -0.1) is 0 Å². The lowest BCUT2D eigenvalue weighted by Gasteiger charge is -2.07. The van der Waals surface area contributed by atoms with Crippen molar-refractivity contribution >= 4 is 21.6 Å². The molecule has 1 atom stereocenters. The smallest absolute Gasteiger partial charge is 0.0684 e. The normalized spacial score (nSPS) is 12.6. The van der Waals surface area contributed by atoms with Gasteiger partial charge in [-0.25, -0.2) is 0 Å². The van der Waals surface area contributed by atoms with E-state index in [2.05, 4.69) is 26.2 Å². The zero-order valence-corrected chi connectivity index (χ0v) is 8.37. The number of aliphatic hydroxyl groups excluding tert-OH is 1. The summed E-state index contributed by atoms with van der Waals surface area (Å²) in [5.74, 6) is 0. The fraction of sp³-hybridized carbons (Fsp3) is 0.375. The maximum atomic E-state index is 8.99. The molecule has 1 aromatic heterocycles. The van der Waals surface area contributed by atoms with Gasteiger partial charge in [-0.05, 0) is 28.9 Å². The second-order valence-electron chi connectivity index (χ2n) is 2.62. The number of pyridine rings is 1. The fourth-order valence-corrected chi connectivity index (χ4v) is 1.14. The molecule has 12 heavy (non-hydrogen) atoms. The second-order valence-corrected chi connectivity index (χ2v) is 3.54. The van der Waals surface area contributed by atoms with Crippen molar-refractivity contribution < 1.29 is 5.11 Å². The summed E-state index contributed by atoms with van der Waals surface area (Å²) in [5, 5.41) is 12.0. The minimum absolute atomic E-state index is 0.344. The van der Waals surface area contributed by atoms with E-state index in [-0.39, 0.29) is 6.10 Å². The third kappa shape index (κ3) is 3.19. The minimum atomic E-state index is -0.344. The van der Waals surface area contributed by atoms with Crippen molar-refractivity contribution in [3.8, 4) is 0 Å². The van der Waals surface area contributed by atoms with Gasteiger partial charge < -0.3 is 10.4 Å². The van der Waals surface area contributed by atoms with E-state index in [1.165, 1.54) is 0 Å². The highest BCUT2D eigenvalue weighted by Crippen LogP contribution is 2.13. The molecule has 3 nitrogen and oxygen atoms in total. The van der Waals surface area contributed by atoms with Crippen LogP contribution < -0.4 is 5.32 Å². The Kier molecular flexibility index (Phi) is 3.49. The van der Waals surface area contributed by atoms with E-state index < -0.39 is 0 Å². The van der Waals surface area contributed by atoms with Crippen molar-refractivity contribution in [1.29, 1.82) is 0 Å². The van der Waals surface area contributed by atoms with Gasteiger partial charge in [0.05, 0.1) is 18.0 Å². The maximum absolute atomic E-state index is 8.99. The molecule has 1 aromatic rings. The summed E-state index contributed by atoms with van der Waals surface area (Å²) in [7, 11) is 0. The lowest BCUT2D eigenvalue weighted by molar-refractivity contribution is 0.208. The van der Waals surface area contributed by atoms with Crippen LogP contribution in [0.1, 0.15) is 6.92 Å². The first kappa shape index (κ1) is 9.48. The maximum Gasteiger partial charge on any atom is 0.0684 e. The first-order valence-electron chi connectivity index (χ1n) is 3.71. The van der Waals surface area contributed by atoms with Crippen molar-refractivity contribution in [3.05, 3.63) is 22.9 Å². The lowest BCUT2D eigenvalue weighted by Crippen LogP contribution is -2.15. The highest BCUT2D eigenvalue weighted by Gasteiger charge is 1.96. The van der Waals surface area contributed by atoms with Gasteiger partial charge >= 0.3 is 0 Å². The molecule has 2 N–H and O–H groups in total. The Labute approximate surface area is 80.0 Å². The highest BCUT2D eigenvalue weighted by molar-refractivity contribution is 9.10. The zero-order chi connectivity index (χ0) is 8.97. The van der Waals surface area contributed by atoms with Gasteiger partial charge in [-0.1, -0.05) is 0 Å². The number of rotatable bonds is 3. The largest absolute Gasteiger partial charge is 0.392 e. The first-order chi connectivity index (χ1) is 5.68. The summed E-state index contributed by atoms with van der Waals surface area (Å²) in [5.41, 5.74) is 0.908. The van der Waals surface area contributed by atoms with E-state index in [1.807, 2.05) is 6.07 Å². The van der Waals surface area contributed by atoms with E-state index in [4.69, 9.17) is 5.11 Å². The number of aromatic nitrogens is 1. The van der Waals surface area contributed by atoms with Crippen LogP contribution in [0.5, 0.6) is 0 Å². The second kappa shape index (κ2) is 4.42. The topological polar surface area (TPSA) is 45.1 Å². The number of halogens is 1. The summed E-state index contributed by atoms with van der Waals surface area (Å²) in [6, 6.07) is 1.91. The van der Waals surface area contributed by atoms with E-state index >= 15 is 0 Å². The lowest BCUT2D eigenvalue weighted by atomic mass is 10.3. The number of nitrogens with zero attached hydrogens (tertiary/aromatic N) is 1. The van der Waals surface area contributed by atoms with Gasteiger partial charge in [0, 0.05) is 17.2 Å². The van der Waals surface area contributed by atoms with E-state index in [1.54, 1.807) is 19.3 Å². The quantitative estimate of drug-likeness (QED) is 0.831. The van der Waals surface area contributed by atoms with Crippen molar-refractivity contribution in [2.45, 2.75) is 13.0 Å². The molecule has 0 aromatic carbocycles. The van der Waals surface area contributed by atoms with Gasteiger partial charge in [0.25, 0.3) is 0 Å². The summed E-state index contributed by atoms with van der Waals surface area (Å²) < 4.78 is 0.929. The molecular weight excluding hydrogens is 220 g/mol. The molecule has 0 spiro atoms. The molecule has 0 saturated heterocycles. The molecule has 0 saturated carbocycles. The van der Waals surface area contributed by atoms with Crippen LogP contribution in [-0.4, -0.2) is 22.7 Å². The molecule has 4 heteroatoms. The molecule has 1 unspecified atom stereocenters. The van der Waals surface area contributed by atoms with Gasteiger partial charge in [0.2, 0.25) is 0 Å². The average molecular weight is 231 g/mol. The van der Waals surface area contributed by atoms with Crippen LogP contribution in [0.2, 0.25) is 0 Å². The van der Waals surface area contributed by atoms with Gasteiger partial charge in [0.15, 0.2) is 0 Å². The molecule has 0 aliphatic rings. The van der Waals surface area contributed by atoms with E-state index in [0.717, 1.165) is 10.2 Å². The SMILES string of the molecule is CC(O)CNc1cncc(Br)c1. The monoisotopic (exact) mass is 230 g/mol. The van der Waals surface area contributed by atoms with Crippen LogP contribution in [0.25, 0.3) is 0 Å². The Morgan fingerprint density at radius 1 is 1.67 bits per heavy atom. The number of hydrogen-bond donors (Lipinski definition) is 2. The predicted octanol–water partition coefficient (Wildman–Crippen LogP) is 1.64. The van der Waals surface area contributed by atoms with Crippen LogP contribution in [0.15, 0.2) is 22.9 Å². The van der Waals surface area contributed by atoms with E-state index in [0.29, 0.717) is 6.54 Å². The summed E-state index contributed by atoms with van der Waals surface area (Å²) in [6.07, 6.45) is 3.09. The predicted molar refractivity (Wildman–Crippen MR) is 52.1 cm³/mol. The van der Waals surface area contributed by atoms with Crippen molar-refractivity contribution in [2.24, 2.45) is 0 Å². The van der Waals surface area contributed by atoms with Crippen LogP contribution >= 0.6 is 15.9 Å². The van der Waals surface area contributed by atoms with Crippen LogP contribution in [0.3, 0.4) is 0 Å². The highest BCUT2D eigenvalue weighted by atomic mass is 79.9. The number of anilines is 1. The summed E-state index contributed by atoms with van der Waals surface area (Å²) in [6.45, 7) is 2.27. The summed E-state index contributed by atoms with van der Waals surface area (Å²) >= 11 is 3.30. The molecule has 66 valence electrons. The Morgan fingerprint density at radius 2 is 2.42 bits per heavy atom. The third-order valence-electron chi connectivity index (χ3n) is 1.31. The molecule has 0 radical (unpaired) electrons. The molecule has 0 bridgehead atoms. The van der Waals surface area contributed by atoms with Gasteiger partial charge in [0.1, 0.15) is 0 Å².